The van der Waals surface area contributed by atoms with Gasteiger partial charge < -0.3 is 10.3 Å². The molecule has 0 radical (unpaired) electrons. The average Bonchev–Trinajstić information content (AvgIpc) is 3.26. The molecule has 0 saturated heterocycles. The zero-order valence-electron chi connectivity index (χ0n) is 17.0. The minimum absolute atomic E-state index is 0.169. The molecule has 0 atom stereocenters. The van der Waals surface area contributed by atoms with Crippen LogP contribution in [-0.2, 0) is 4.79 Å². The third-order valence-electron chi connectivity index (χ3n) is 5.29. The topological polar surface area (TPSA) is 92.7 Å². The lowest BCUT2D eigenvalue weighted by Gasteiger charge is -2.19. The number of benzene rings is 3. The molecule has 1 amide bonds. The largest absolute Gasteiger partial charge is 0.323 e. The summed E-state index contributed by atoms with van der Waals surface area (Å²) >= 11 is 0. The molecule has 0 aliphatic rings. The van der Waals surface area contributed by atoms with Gasteiger partial charge >= 0.3 is 0 Å². The molecule has 0 saturated carbocycles. The molecular formula is C25H19N5O2. The van der Waals surface area contributed by atoms with Gasteiger partial charge in [-0.2, -0.15) is 5.10 Å². The van der Waals surface area contributed by atoms with Crippen LogP contribution in [0.15, 0.2) is 102 Å². The molecule has 0 aliphatic heterocycles. The van der Waals surface area contributed by atoms with Gasteiger partial charge in [0.25, 0.3) is 5.56 Å². The van der Waals surface area contributed by atoms with E-state index in [9.17, 15) is 9.59 Å². The summed E-state index contributed by atoms with van der Waals surface area (Å²) in [5, 5.41) is 7.78. The first-order valence-corrected chi connectivity index (χ1v) is 10.1. The second-order valence-electron chi connectivity index (χ2n) is 7.29. The van der Waals surface area contributed by atoms with Crippen LogP contribution in [0, 0.1) is 0 Å². The van der Waals surface area contributed by atoms with Crippen molar-refractivity contribution < 1.29 is 4.79 Å². The summed E-state index contributed by atoms with van der Waals surface area (Å²) in [6, 6.07) is 26.6. The number of aromatic nitrogens is 4. The smallest absolute Gasteiger partial charge is 0.261 e. The second-order valence-corrected chi connectivity index (χ2v) is 7.29. The van der Waals surface area contributed by atoms with E-state index in [1.807, 2.05) is 78.9 Å². The Bertz CT molecular complexity index is 1400. The average molecular weight is 421 g/mol. The van der Waals surface area contributed by atoms with Crippen LogP contribution >= 0.6 is 0 Å². The van der Waals surface area contributed by atoms with E-state index in [4.69, 9.17) is 0 Å². The first-order valence-electron chi connectivity index (χ1n) is 10.1. The highest BCUT2D eigenvalue weighted by Crippen LogP contribution is 2.28. The number of hydrogen-bond donors (Lipinski definition) is 2. The van der Waals surface area contributed by atoms with E-state index in [1.165, 1.54) is 12.5 Å². The number of hydrogen-bond acceptors (Lipinski definition) is 4. The lowest BCUT2D eigenvalue weighted by molar-refractivity contribution is -0.116. The lowest BCUT2D eigenvalue weighted by Crippen LogP contribution is -2.23. The van der Waals surface area contributed by atoms with E-state index in [0.29, 0.717) is 22.4 Å². The predicted octanol–water partition coefficient (Wildman–Crippen LogP) is 3.88. The monoisotopic (exact) mass is 421 g/mol. The standard InChI is InChI=1S/C25H19N5O2/c31-24-19-15-28-30(23(19)26-16-27-24)21-14-8-7-13-20(21)29-25(32)22(17-9-3-1-4-10-17)18-11-5-2-6-12-18/h1-16,22H,(H,29,32)(H,26,27,31). The molecular weight excluding hydrogens is 402 g/mol. The van der Waals surface area contributed by atoms with Gasteiger partial charge in [-0.3, -0.25) is 9.59 Å². The van der Waals surface area contributed by atoms with Crippen molar-refractivity contribution in [1.82, 2.24) is 19.7 Å². The molecule has 5 rings (SSSR count). The number of nitrogens with zero attached hydrogens (tertiary/aromatic N) is 3. The normalized spacial score (nSPS) is 11.0. The Hall–Kier alpha value is -4.52. The number of amides is 1. The fourth-order valence-corrected chi connectivity index (χ4v) is 3.79. The summed E-state index contributed by atoms with van der Waals surface area (Å²) in [5.74, 6) is -0.655. The second kappa shape index (κ2) is 8.31. The molecule has 2 N–H and O–H groups in total. The molecule has 0 fully saturated rings. The Morgan fingerprint density at radius 1 is 0.875 bits per heavy atom. The van der Waals surface area contributed by atoms with Gasteiger partial charge in [-0.25, -0.2) is 9.67 Å². The van der Waals surface area contributed by atoms with Crippen LogP contribution in [0.5, 0.6) is 0 Å². The predicted molar refractivity (Wildman–Crippen MR) is 123 cm³/mol. The molecule has 7 heteroatoms. The Morgan fingerprint density at radius 2 is 1.50 bits per heavy atom. The maximum Gasteiger partial charge on any atom is 0.261 e. The minimum Gasteiger partial charge on any atom is -0.323 e. The quantitative estimate of drug-likeness (QED) is 0.450. The van der Waals surface area contributed by atoms with Crippen molar-refractivity contribution in [1.29, 1.82) is 0 Å². The number of nitrogens with one attached hydrogen (secondary N) is 2. The molecule has 3 aromatic carbocycles. The van der Waals surface area contributed by atoms with Crippen LogP contribution in [0.25, 0.3) is 16.7 Å². The third kappa shape index (κ3) is 3.56. The zero-order chi connectivity index (χ0) is 21.9. The Balaban J connectivity index is 1.56. The Kier molecular flexibility index (Phi) is 5.05. The van der Waals surface area contributed by atoms with Crippen molar-refractivity contribution in [3.63, 3.8) is 0 Å². The maximum atomic E-state index is 13.5. The third-order valence-corrected chi connectivity index (χ3v) is 5.29. The van der Waals surface area contributed by atoms with Crippen LogP contribution in [0.2, 0.25) is 0 Å². The van der Waals surface area contributed by atoms with Gasteiger partial charge in [0.2, 0.25) is 5.91 Å². The van der Waals surface area contributed by atoms with Crippen molar-refractivity contribution in [2.45, 2.75) is 5.92 Å². The number of H-pyrrole nitrogens is 1. The molecule has 5 aromatic rings. The van der Waals surface area contributed by atoms with Gasteiger partial charge in [0.15, 0.2) is 5.65 Å². The van der Waals surface area contributed by atoms with Crippen LogP contribution < -0.4 is 10.9 Å². The number of rotatable bonds is 5. The van der Waals surface area contributed by atoms with Crippen LogP contribution in [0.3, 0.4) is 0 Å². The van der Waals surface area contributed by atoms with Crippen LogP contribution in [0.4, 0.5) is 5.69 Å². The molecule has 7 nitrogen and oxygen atoms in total. The summed E-state index contributed by atoms with van der Waals surface area (Å²) < 4.78 is 1.56. The first kappa shape index (κ1) is 19.4. The molecule has 2 heterocycles. The Morgan fingerprint density at radius 3 is 2.19 bits per heavy atom. The number of para-hydroxylation sites is 2. The van der Waals surface area contributed by atoms with Crippen molar-refractivity contribution in [3.8, 4) is 5.69 Å². The summed E-state index contributed by atoms with van der Waals surface area (Å²) in [4.78, 5) is 32.4. The summed E-state index contributed by atoms with van der Waals surface area (Å²) in [6.07, 6.45) is 2.81. The highest BCUT2D eigenvalue weighted by Gasteiger charge is 2.24. The lowest BCUT2D eigenvalue weighted by atomic mass is 9.90. The van der Waals surface area contributed by atoms with E-state index in [-0.39, 0.29) is 11.5 Å². The fourth-order valence-electron chi connectivity index (χ4n) is 3.79. The van der Waals surface area contributed by atoms with E-state index in [2.05, 4.69) is 20.4 Å². The number of carbonyl (C=O) groups excluding carboxylic acids is 1. The SMILES string of the molecule is O=C(Nc1ccccc1-n1ncc2c(=O)[nH]cnc21)C(c1ccccc1)c1ccccc1. The summed E-state index contributed by atoms with van der Waals surface area (Å²) in [7, 11) is 0. The maximum absolute atomic E-state index is 13.5. The van der Waals surface area contributed by atoms with E-state index >= 15 is 0 Å². The number of aromatic amines is 1. The van der Waals surface area contributed by atoms with Gasteiger partial charge in [0.1, 0.15) is 5.39 Å². The first-order chi connectivity index (χ1) is 15.7. The van der Waals surface area contributed by atoms with Crippen molar-refractivity contribution in [2.24, 2.45) is 0 Å². The summed E-state index contributed by atoms with van der Waals surface area (Å²) in [5.41, 5.74) is 3.13. The van der Waals surface area contributed by atoms with E-state index in [1.54, 1.807) is 10.7 Å². The van der Waals surface area contributed by atoms with Gasteiger partial charge in [-0.1, -0.05) is 72.8 Å². The molecule has 156 valence electrons. The molecule has 2 aromatic heterocycles. The van der Waals surface area contributed by atoms with Gasteiger partial charge in [-0.15, -0.1) is 0 Å². The molecule has 0 bridgehead atoms. The number of fused-ring (bicyclic) bond motifs is 1. The highest BCUT2D eigenvalue weighted by molar-refractivity contribution is 5.99. The van der Waals surface area contributed by atoms with Gasteiger partial charge in [-0.05, 0) is 23.3 Å². The number of carbonyl (C=O) groups is 1. The van der Waals surface area contributed by atoms with Crippen molar-refractivity contribution >= 4 is 22.6 Å². The Labute approximate surface area is 183 Å². The highest BCUT2D eigenvalue weighted by atomic mass is 16.2. The number of anilines is 1. The van der Waals surface area contributed by atoms with E-state index < -0.39 is 5.92 Å². The molecule has 0 spiro atoms. The fraction of sp³-hybridized carbons (Fsp3) is 0.0400. The van der Waals surface area contributed by atoms with Gasteiger partial charge in [0, 0.05) is 0 Å². The van der Waals surface area contributed by atoms with Gasteiger partial charge in [0.05, 0.1) is 29.8 Å². The van der Waals surface area contributed by atoms with Crippen LogP contribution in [0.1, 0.15) is 17.0 Å². The van der Waals surface area contributed by atoms with Crippen molar-refractivity contribution in [2.75, 3.05) is 5.32 Å². The van der Waals surface area contributed by atoms with E-state index in [0.717, 1.165) is 11.1 Å². The minimum atomic E-state index is -0.485. The summed E-state index contributed by atoms with van der Waals surface area (Å²) in [6.45, 7) is 0. The molecule has 32 heavy (non-hydrogen) atoms. The van der Waals surface area contributed by atoms with Crippen LogP contribution in [-0.4, -0.2) is 25.7 Å². The molecule has 0 aliphatic carbocycles. The molecule has 0 unspecified atom stereocenters. The zero-order valence-corrected chi connectivity index (χ0v) is 17.0. The van der Waals surface area contributed by atoms with Crippen molar-refractivity contribution in [3.05, 3.63) is 119 Å².